The number of rotatable bonds is 5. The summed E-state index contributed by atoms with van der Waals surface area (Å²) in [5.41, 5.74) is 4.05. The zero-order valence-electron chi connectivity index (χ0n) is 24.0. The molecule has 2 N–H and O–H groups in total. The number of pyridine rings is 2. The number of hydrogen-bond acceptors (Lipinski definition) is 7. The Hall–Kier alpha value is -4.81. The van der Waals surface area contributed by atoms with Crippen LogP contribution in [0, 0.1) is 30.2 Å². The average molecular weight is 596 g/mol. The van der Waals surface area contributed by atoms with E-state index in [1.54, 1.807) is 29.0 Å². The monoisotopic (exact) mass is 595 g/mol. The summed E-state index contributed by atoms with van der Waals surface area (Å²) >= 11 is 0. The van der Waals surface area contributed by atoms with E-state index in [9.17, 15) is 22.8 Å². The van der Waals surface area contributed by atoms with Crippen LogP contribution in [-0.2, 0) is 4.79 Å². The Balaban J connectivity index is 1.83. The summed E-state index contributed by atoms with van der Waals surface area (Å²) in [4.78, 5) is 42.7. The number of aromatic nitrogens is 4. The Morgan fingerprint density at radius 1 is 1.12 bits per heavy atom. The van der Waals surface area contributed by atoms with Crippen LogP contribution in [0.5, 0.6) is 0 Å². The van der Waals surface area contributed by atoms with E-state index in [2.05, 4.69) is 21.5 Å². The molecule has 1 atom stereocenters. The van der Waals surface area contributed by atoms with Crippen molar-refractivity contribution >= 4 is 28.4 Å². The molecule has 1 aliphatic heterocycles. The molecule has 4 heterocycles. The van der Waals surface area contributed by atoms with Crippen molar-refractivity contribution in [3.05, 3.63) is 82.1 Å². The molecule has 1 aliphatic rings. The van der Waals surface area contributed by atoms with Crippen molar-refractivity contribution in [2.24, 2.45) is 0 Å². The largest absolute Gasteiger partial charge is 0.396 e. The van der Waals surface area contributed by atoms with Gasteiger partial charge in [0.25, 0.3) is 0 Å². The smallest absolute Gasteiger partial charge is 0.355 e. The van der Waals surface area contributed by atoms with Crippen LogP contribution in [0.4, 0.5) is 29.1 Å². The third kappa shape index (κ3) is 4.98. The fraction of sp³-hybridized carbons (Fsp3) is 0.300. The van der Waals surface area contributed by atoms with Gasteiger partial charge in [-0.25, -0.2) is 31.9 Å². The number of nitrogens with two attached hydrogens (primary N) is 1. The van der Waals surface area contributed by atoms with Gasteiger partial charge in [0, 0.05) is 37.4 Å². The first-order valence-corrected chi connectivity index (χ1v) is 13.6. The number of amides is 1. The fourth-order valence-electron chi connectivity index (χ4n) is 5.41. The SMILES string of the molecule is C=CC(=O)N1CCN(c2nc(=O)n(-c3c(C)ccnc3C(C)C)c3nc(-c4cc(N)c(F)c(F)c4F)c(F)cc23)CC1C. The van der Waals surface area contributed by atoms with Crippen molar-refractivity contribution in [2.45, 2.75) is 39.7 Å². The summed E-state index contributed by atoms with van der Waals surface area (Å²) in [6.45, 7) is 11.7. The van der Waals surface area contributed by atoms with E-state index in [0.717, 1.165) is 12.1 Å². The lowest BCUT2D eigenvalue weighted by Crippen LogP contribution is -2.54. The first kappa shape index (κ1) is 29.7. The van der Waals surface area contributed by atoms with E-state index in [1.165, 1.54) is 10.6 Å². The Morgan fingerprint density at radius 3 is 2.49 bits per heavy atom. The Morgan fingerprint density at radius 2 is 1.84 bits per heavy atom. The minimum absolute atomic E-state index is 0.102. The lowest BCUT2D eigenvalue weighted by molar-refractivity contribution is -0.128. The fourth-order valence-corrected chi connectivity index (χ4v) is 5.41. The summed E-state index contributed by atoms with van der Waals surface area (Å²) in [5.74, 6) is -6.56. The van der Waals surface area contributed by atoms with Crippen LogP contribution in [0.3, 0.4) is 0 Å². The molecular formula is C30H29F4N7O2. The van der Waals surface area contributed by atoms with Crippen molar-refractivity contribution in [3.8, 4) is 16.9 Å². The number of nitrogen functional groups attached to an aromatic ring is 1. The predicted molar refractivity (Wildman–Crippen MR) is 155 cm³/mol. The Labute approximate surface area is 244 Å². The molecule has 1 unspecified atom stereocenters. The van der Waals surface area contributed by atoms with Gasteiger partial charge >= 0.3 is 5.69 Å². The quantitative estimate of drug-likeness (QED) is 0.155. The molecule has 1 aromatic carbocycles. The van der Waals surface area contributed by atoms with Crippen molar-refractivity contribution in [2.75, 3.05) is 30.3 Å². The third-order valence-corrected chi connectivity index (χ3v) is 7.54. The third-order valence-electron chi connectivity index (χ3n) is 7.54. The zero-order valence-corrected chi connectivity index (χ0v) is 24.0. The standard InChI is InChI=1S/C30H29F4N7O2/c1-6-21(42)40-10-9-39(13-16(40)5)28-18-11-19(31)26(17-12-20(35)23(33)24(34)22(17)32)37-29(18)41(30(43)38-28)27-15(4)7-8-36-25(27)14(2)3/h6-8,11-12,14,16H,1,9-10,13,35H2,2-5H3. The number of halogens is 4. The number of hydrogen-bond donors (Lipinski definition) is 1. The van der Waals surface area contributed by atoms with Gasteiger partial charge in [-0.15, -0.1) is 0 Å². The molecule has 0 bridgehead atoms. The van der Waals surface area contributed by atoms with Crippen LogP contribution in [0.2, 0.25) is 0 Å². The van der Waals surface area contributed by atoms with Crippen molar-refractivity contribution in [3.63, 3.8) is 0 Å². The van der Waals surface area contributed by atoms with Crippen molar-refractivity contribution < 1.29 is 22.4 Å². The molecule has 4 aromatic rings. The molecule has 1 saturated heterocycles. The summed E-state index contributed by atoms with van der Waals surface area (Å²) in [6.07, 6.45) is 2.81. The molecule has 0 aliphatic carbocycles. The number of anilines is 2. The molecular weight excluding hydrogens is 566 g/mol. The van der Waals surface area contributed by atoms with Crippen LogP contribution in [0.1, 0.15) is 37.9 Å². The first-order chi connectivity index (χ1) is 20.3. The van der Waals surface area contributed by atoms with E-state index in [4.69, 9.17) is 5.73 Å². The van der Waals surface area contributed by atoms with Crippen LogP contribution < -0.4 is 16.3 Å². The first-order valence-electron chi connectivity index (χ1n) is 13.6. The summed E-state index contributed by atoms with van der Waals surface area (Å²) in [5, 5.41) is 0.102. The van der Waals surface area contributed by atoms with Gasteiger partial charge in [0.05, 0.1) is 22.5 Å². The number of benzene rings is 1. The Bertz CT molecular complexity index is 1860. The van der Waals surface area contributed by atoms with Gasteiger partial charge in [0.1, 0.15) is 17.3 Å². The zero-order chi connectivity index (χ0) is 31.3. The average Bonchev–Trinajstić information content (AvgIpc) is 2.97. The number of piperazine rings is 1. The van der Waals surface area contributed by atoms with Crippen LogP contribution in [0.25, 0.3) is 28.0 Å². The highest BCUT2D eigenvalue weighted by Gasteiger charge is 2.31. The summed E-state index contributed by atoms with van der Waals surface area (Å²) < 4.78 is 60.3. The summed E-state index contributed by atoms with van der Waals surface area (Å²) in [6, 6.07) is 3.16. The molecule has 1 amide bonds. The van der Waals surface area contributed by atoms with Gasteiger partial charge in [0.15, 0.2) is 23.1 Å². The molecule has 3 aromatic heterocycles. The topological polar surface area (TPSA) is 110 Å². The maximum absolute atomic E-state index is 15.8. The highest BCUT2D eigenvalue weighted by Crippen LogP contribution is 2.35. The minimum atomic E-state index is -1.88. The summed E-state index contributed by atoms with van der Waals surface area (Å²) in [7, 11) is 0. The molecule has 0 radical (unpaired) electrons. The second-order valence-electron chi connectivity index (χ2n) is 10.7. The van der Waals surface area contributed by atoms with Crippen LogP contribution in [0.15, 0.2) is 41.8 Å². The molecule has 5 rings (SSSR count). The Kier molecular flexibility index (Phi) is 7.67. The predicted octanol–water partition coefficient (Wildman–Crippen LogP) is 4.64. The highest BCUT2D eigenvalue weighted by atomic mass is 19.2. The van der Waals surface area contributed by atoms with E-state index in [1.807, 2.05) is 20.8 Å². The van der Waals surface area contributed by atoms with Crippen LogP contribution >= 0.6 is 0 Å². The maximum Gasteiger partial charge on any atom is 0.355 e. The number of fused-ring (bicyclic) bond motifs is 1. The minimum Gasteiger partial charge on any atom is -0.396 e. The van der Waals surface area contributed by atoms with Gasteiger partial charge in [-0.05, 0) is 49.6 Å². The number of aryl methyl sites for hydroxylation is 1. The number of nitrogens with zero attached hydrogens (tertiary/aromatic N) is 6. The molecule has 0 spiro atoms. The maximum atomic E-state index is 15.8. The molecule has 13 heteroatoms. The van der Waals surface area contributed by atoms with Crippen LogP contribution in [-0.4, -0.2) is 56.0 Å². The molecule has 9 nitrogen and oxygen atoms in total. The molecule has 224 valence electrons. The van der Waals surface area contributed by atoms with Gasteiger partial charge < -0.3 is 15.5 Å². The van der Waals surface area contributed by atoms with E-state index < -0.39 is 45.9 Å². The van der Waals surface area contributed by atoms with Crippen molar-refractivity contribution in [1.82, 2.24) is 24.4 Å². The molecule has 0 saturated carbocycles. The highest BCUT2D eigenvalue weighted by molar-refractivity contribution is 5.91. The van der Waals surface area contributed by atoms with Crippen molar-refractivity contribution in [1.29, 1.82) is 0 Å². The van der Waals surface area contributed by atoms with Gasteiger partial charge in [-0.1, -0.05) is 20.4 Å². The second-order valence-corrected chi connectivity index (χ2v) is 10.7. The van der Waals surface area contributed by atoms with E-state index in [-0.39, 0.29) is 54.4 Å². The molecule has 1 fully saturated rings. The number of carbonyl (C=O) groups excluding carboxylic acids is 1. The second kappa shape index (κ2) is 11.1. The lowest BCUT2D eigenvalue weighted by Gasteiger charge is -2.40. The van der Waals surface area contributed by atoms with E-state index in [0.29, 0.717) is 16.9 Å². The lowest BCUT2D eigenvalue weighted by atomic mass is 10.0. The van der Waals surface area contributed by atoms with Gasteiger partial charge in [0.2, 0.25) is 5.91 Å². The number of carbonyl (C=O) groups is 1. The normalized spacial score (nSPS) is 15.4. The van der Waals surface area contributed by atoms with Gasteiger partial charge in [-0.2, -0.15) is 4.98 Å². The van der Waals surface area contributed by atoms with E-state index >= 15 is 4.39 Å². The molecule has 43 heavy (non-hydrogen) atoms. The van der Waals surface area contributed by atoms with Gasteiger partial charge in [-0.3, -0.25) is 9.78 Å².